The largest absolute Gasteiger partial charge is 0.508 e. The van der Waals surface area contributed by atoms with Crippen LogP contribution < -0.4 is 10.6 Å². The first-order valence-electron chi connectivity index (χ1n) is 8.33. The molecule has 0 aromatic heterocycles. The Morgan fingerprint density at radius 3 is 2.71 bits per heavy atom. The predicted molar refractivity (Wildman–Crippen MR) is 91.6 cm³/mol. The van der Waals surface area contributed by atoms with E-state index >= 15 is 0 Å². The summed E-state index contributed by atoms with van der Waals surface area (Å²) in [6.07, 6.45) is -0.688. The Morgan fingerprint density at radius 1 is 1.33 bits per heavy atom. The van der Waals surface area contributed by atoms with Crippen LogP contribution in [0.1, 0.15) is 32.8 Å². The summed E-state index contributed by atoms with van der Waals surface area (Å²) >= 11 is 0. The number of aromatic hydroxyl groups is 1. The first-order chi connectivity index (χ1) is 11.3. The lowest BCUT2D eigenvalue weighted by molar-refractivity contribution is -0.123. The monoisotopic (exact) mass is 336 g/mol. The van der Waals surface area contributed by atoms with Crippen LogP contribution in [0.3, 0.4) is 0 Å². The van der Waals surface area contributed by atoms with Crippen LogP contribution in [0.4, 0.5) is 0 Å². The molecular weight excluding hydrogens is 308 g/mol. The third kappa shape index (κ3) is 5.47. The molecule has 134 valence electrons. The number of amides is 1. The SMILES string of the molecule is CC(C)(C)CC(=O)NC[C@H]1OC[C@@H](NCc2ccccc2O)[C@@H]1O. The molecule has 1 heterocycles. The van der Waals surface area contributed by atoms with Crippen molar-refractivity contribution in [3.8, 4) is 5.75 Å². The Morgan fingerprint density at radius 2 is 2.04 bits per heavy atom. The second kappa shape index (κ2) is 7.96. The van der Waals surface area contributed by atoms with Gasteiger partial charge in [-0.15, -0.1) is 0 Å². The van der Waals surface area contributed by atoms with Crippen molar-refractivity contribution in [2.24, 2.45) is 5.41 Å². The summed E-state index contributed by atoms with van der Waals surface area (Å²) in [5, 5.41) is 26.1. The van der Waals surface area contributed by atoms with E-state index in [2.05, 4.69) is 10.6 Å². The first-order valence-corrected chi connectivity index (χ1v) is 8.33. The average Bonchev–Trinajstić information content (AvgIpc) is 2.83. The number of aliphatic hydroxyl groups is 1. The van der Waals surface area contributed by atoms with E-state index < -0.39 is 12.2 Å². The molecule has 1 aliphatic rings. The summed E-state index contributed by atoms with van der Waals surface area (Å²) in [4.78, 5) is 11.9. The highest BCUT2D eigenvalue weighted by Crippen LogP contribution is 2.19. The Balaban J connectivity index is 1.77. The third-order valence-electron chi connectivity index (χ3n) is 4.02. The van der Waals surface area contributed by atoms with E-state index in [9.17, 15) is 15.0 Å². The molecule has 24 heavy (non-hydrogen) atoms. The zero-order chi connectivity index (χ0) is 17.7. The summed E-state index contributed by atoms with van der Waals surface area (Å²) in [5.74, 6) is 0.188. The van der Waals surface area contributed by atoms with Crippen LogP contribution >= 0.6 is 0 Å². The summed E-state index contributed by atoms with van der Waals surface area (Å²) in [6.45, 7) is 7.13. The molecule has 0 radical (unpaired) electrons. The smallest absolute Gasteiger partial charge is 0.220 e. The van der Waals surface area contributed by atoms with E-state index in [1.54, 1.807) is 12.1 Å². The van der Waals surface area contributed by atoms with Crippen molar-refractivity contribution in [1.29, 1.82) is 0 Å². The number of para-hydroxylation sites is 1. The molecule has 0 spiro atoms. The lowest BCUT2D eigenvalue weighted by Gasteiger charge is -2.21. The Labute approximate surface area is 143 Å². The van der Waals surface area contributed by atoms with E-state index in [4.69, 9.17) is 4.74 Å². The number of phenolic OH excluding ortho intramolecular Hbond substituents is 1. The van der Waals surface area contributed by atoms with Gasteiger partial charge in [0.15, 0.2) is 0 Å². The molecule has 2 rings (SSSR count). The first kappa shape index (κ1) is 18.7. The van der Waals surface area contributed by atoms with E-state index in [0.717, 1.165) is 5.56 Å². The van der Waals surface area contributed by atoms with Crippen LogP contribution in [-0.2, 0) is 16.1 Å². The molecule has 4 N–H and O–H groups in total. The zero-order valence-electron chi connectivity index (χ0n) is 14.6. The van der Waals surface area contributed by atoms with Crippen LogP contribution in [0.25, 0.3) is 0 Å². The van der Waals surface area contributed by atoms with Gasteiger partial charge in [0.1, 0.15) is 11.9 Å². The minimum absolute atomic E-state index is 0.0380. The quantitative estimate of drug-likeness (QED) is 0.626. The summed E-state index contributed by atoms with van der Waals surface area (Å²) in [5.41, 5.74) is 0.702. The Kier molecular flexibility index (Phi) is 6.21. The zero-order valence-corrected chi connectivity index (χ0v) is 14.6. The number of carbonyl (C=O) groups is 1. The van der Waals surface area contributed by atoms with E-state index in [-0.39, 0.29) is 23.1 Å². The standard InChI is InChI=1S/C18H28N2O4/c1-18(2,3)8-16(22)20-10-15-17(23)13(11-24-15)19-9-12-6-4-5-7-14(12)21/h4-7,13,15,17,19,21,23H,8-11H2,1-3H3,(H,20,22)/t13-,15-,17+/m1/s1. The molecular formula is C18H28N2O4. The molecule has 1 aromatic carbocycles. The molecule has 6 nitrogen and oxygen atoms in total. The highest BCUT2D eigenvalue weighted by molar-refractivity contribution is 5.76. The molecule has 1 aromatic rings. The van der Waals surface area contributed by atoms with E-state index in [0.29, 0.717) is 26.1 Å². The molecule has 0 bridgehead atoms. The van der Waals surface area contributed by atoms with Gasteiger partial charge in [-0.05, 0) is 11.5 Å². The van der Waals surface area contributed by atoms with Crippen LogP contribution in [0, 0.1) is 5.41 Å². The number of benzene rings is 1. The normalized spacial score (nSPS) is 24.1. The van der Waals surface area contributed by atoms with Crippen molar-refractivity contribution < 1.29 is 19.7 Å². The molecule has 1 aliphatic heterocycles. The number of ether oxygens (including phenoxy) is 1. The van der Waals surface area contributed by atoms with Gasteiger partial charge < -0.3 is 25.6 Å². The number of rotatable bonds is 6. The molecule has 6 heteroatoms. The highest BCUT2D eigenvalue weighted by atomic mass is 16.5. The molecule has 1 saturated heterocycles. The van der Waals surface area contributed by atoms with Crippen molar-refractivity contribution in [3.63, 3.8) is 0 Å². The minimum atomic E-state index is -0.703. The number of phenols is 1. The molecule has 0 saturated carbocycles. The summed E-state index contributed by atoms with van der Waals surface area (Å²) in [7, 11) is 0. The number of carbonyl (C=O) groups excluding carboxylic acids is 1. The van der Waals surface area contributed by atoms with Gasteiger partial charge in [0.2, 0.25) is 5.91 Å². The number of aliphatic hydroxyl groups excluding tert-OH is 1. The minimum Gasteiger partial charge on any atom is -0.508 e. The number of hydrogen-bond acceptors (Lipinski definition) is 5. The van der Waals surface area contributed by atoms with Crippen LogP contribution in [0.2, 0.25) is 0 Å². The van der Waals surface area contributed by atoms with Gasteiger partial charge >= 0.3 is 0 Å². The lowest BCUT2D eigenvalue weighted by atomic mass is 9.92. The van der Waals surface area contributed by atoms with Crippen molar-refractivity contribution in [1.82, 2.24) is 10.6 Å². The number of hydrogen-bond donors (Lipinski definition) is 4. The Hall–Kier alpha value is -1.63. The maximum absolute atomic E-state index is 11.9. The molecule has 1 fully saturated rings. The van der Waals surface area contributed by atoms with Gasteiger partial charge in [0.05, 0.1) is 18.8 Å². The van der Waals surface area contributed by atoms with Gasteiger partial charge in [0.25, 0.3) is 0 Å². The third-order valence-corrected chi connectivity index (χ3v) is 4.02. The number of nitrogens with one attached hydrogen (secondary N) is 2. The van der Waals surface area contributed by atoms with Crippen molar-refractivity contribution in [3.05, 3.63) is 29.8 Å². The maximum atomic E-state index is 11.9. The summed E-state index contributed by atoms with van der Waals surface area (Å²) in [6, 6.07) is 6.85. The maximum Gasteiger partial charge on any atom is 0.220 e. The fourth-order valence-corrected chi connectivity index (χ4v) is 2.70. The van der Waals surface area contributed by atoms with Gasteiger partial charge in [-0.25, -0.2) is 0 Å². The lowest BCUT2D eigenvalue weighted by Crippen LogP contribution is -2.44. The van der Waals surface area contributed by atoms with Crippen molar-refractivity contribution in [2.75, 3.05) is 13.2 Å². The predicted octanol–water partition coefficient (Wildman–Crippen LogP) is 1.16. The van der Waals surface area contributed by atoms with E-state index in [1.165, 1.54) is 0 Å². The van der Waals surface area contributed by atoms with Gasteiger partial charge in [-0.3, -0.25) is 4.79 Å². The van der Waals surface area contributed by atoms with Crippen molar-refractivity contribution >= 4 is 5.91 Å². The van der Waals surface area contributed by atoms with Gasteiger partial charge in [-0.2, -0.15) is 0 Å². The Bertz CT molecular complexity index is 556. The molecule has 3 atom stereocenters. The second-order valence-electron chi connectivity index (χ2n) is 7.52. The molecule has 0 unspecified atom stereocenters. The second-order valence-corrected chi connectivity index (χ2v) is 7.52. The van der Waals surface area contributed by atoms with Gasteiger partial charge in [-0.1, -0.05) is 39.0 Å². The molecule has 0 aliphatic carbocycles. The van der Waals surface area contributed by atoms with Crippen LogP contribution in [0.15, 0.2) is 24.3 Å². The topological polar surface area (TPSA) is 90.8 Å². The average molecular weight is 336 g/mol. The van der Waals surface area contributed by atoms with Crippen LogP contribution in [-0.4, -0.2) is 47.5 Å². The van der Waals surface area contributed by atoms with E-state index in [1.807, 2.05) is 32.9 Å². The fourth-order valence-electron chi connectivity index (χ4n) is 2.70. The molecule has 1 amide bonds. The van der Waals surface area contributed by atoms with Crippen LogP contribution in [0.5, 0.6) is 5.75 Å². The fraction of sp³-hybridized carbons (Fsp3) is 0.611. The van der Waals surface area contributed by atoms with Gasteiger partial charge in [0, 0.05) is 25.1 Å². The van der Waals surface area contributed by atoms with Crippen molar-refractivity contribution in [2.45, 2.75) is 52.0 Å². The summed E-state index contributed by atoms with van der Waals surface area (Å²) < 4.78 is 5.59. The highest BCUT2D eigenvalue weighted by Gasteiger charge is 2.35.